The molecule has 0 fully saturated rings. The number of rotatable bonds is 7. The van der Waals surface area contributed by atoms with Crippen molar-refractivity contribution in [3.05, 3.63) is 54.2 Å². The summed E-state index contributed by atoms with van der Waals surface area (Å²) >= 11 is 0. The molecule has 0 spiro atoms. The van der Waals surface area contributed by atoms with E-state index in [1.807, 2.05) is 32.0 Å². The van der Waals surface area contributed by atoms with Gasteiger partial charge in [0.25, 0.3) is 11.8 Å². The fourth-order valence-corrected chi connectivity index (χ4v) is 2.14. The molecule has 3 aromatic rings. The number of para-hydroxylation sites is 1. The topological polar surface area (TPSA) is 90.4 Å². The van der Waals surface area contributed by atoms with Crippen molar-refractivity contribution < 1.29 is 18.5 Å². The highest BCUT2D eigenvalue weighted by molar-refractivity contribution is 5.77. The predicted octanol–water partition coefficient (Wildman–Crippen LogP) is 3.15. The highest BCUT2D eigenvalue weighted by Crippen LogP contribution is 2.29. The first-order chi connectivity index (χ1) is 12.1. The van der Waals surface area contributed by atoms with E-state index in [1.165, 1.54) is 0 Å². The SMILES string of the molecule is CC(C)c1noc(-c2ccccc2OCC(=O)NCc2ccco2)n1. The summed E-state index contributed by atoms with van der Waals surface area (Å²) in [5, 5.41) is 6.68. The van der Waals surface area contributed by atoms with Gasteiger partial charge in [-0.3, -0.25) is 4.79 Å². The molecule has 0 unspecified atom stereocenters. The van der Waals surface area contributed by atoms with Crippen LogP contribution in [0.3, 0.4) is 0 Å². The monoisotopic (exact) mass is 341 g/mol. The lowest BCUT2D eigenvalue weighted by atomic mass is 10.2. The van der Waals surface area contributed by atoms with Crippen LogP contribution in [-0.2, 0) is 11.3 Å². The van der Waals surface area contributed by atoms with E-state index in [-0.39, 0.29) is 18.4 Å². The Labute approximate surface area is 145 Å². The molecule has 1 amide bonds. The molecule has 2 heterocycles. The molecule has 0 aliphatic carbocycles. The van der Waals surface area contributed by atoms with Gasteiger partial charge in [-0.25, -0.2) is 0 Å². The summed E-state index contributed by atoms with van der Waals surface area (Å²) in [5.74, 6) is 2.10. The van der Waals surface area contributed by atoms with Crippen LogP contribution in [0.5, 0.6) is 5.75 Å². The Balaban J connectivity index is 1.63. The van der Waals surface area contributed by atoms with E-state index in [0.717, 1.165) is 0 Å². The van der Waals surface area contributed by atoms with Gasteiger partial charge >= 0.3 is 0 Å². The van der Waals surface area contributed by atoms with Crippen molar-refractivity contribution in [1.29, 1.82) is 0 Å². The lowest BCUT2D eigenvalue weighted by Gasteiger charge is -2.09. The van der Waals surface area contributed by atoms with Gasteiger partial charge in [-0.15, -0.1) is 0 Å². The fourth-order valence-electron chi connectivity index (χ4n) is 2.14. The zero-order valence-corrected chi connectivity index (χ0v) is 14.1. The molecule has 25 heavy (non-hydrogen) atoms. The molecular formula is C18H19N3O4. The summed E-state index contributed by atoms with van der Waals surface area (Å²) in [7, 11) is 0. The number of benzene rings is 1. The van der Waals surface area contributed by atoms with Gasteiger partial charge in [0.1, 0.15) is 11.5 Å². The van der Waals surface area contributed by atoms with E-state index in [0.29, 0.717) is 35.3 Å². The molecule has 7 heteroatoms. The second kappa shape index (κ2) is 7.65. The standard InChI is InChI=1S/C18H19N3O4/c1-12(2)17-20-18(25-21-17)14-7-3-4-8-15(14)24-11-16(22)19-10-13-6-5-9-23-13/h3-9,12H,10-11H2,1-2H3,(H,19,22). The van der Waals surface area contributed by atoms with Crippen LogP contribution in [0.1, 0.15) is 31.4 Å². The Kier molecular flexibility index (Phi) is 5.13. The summed E-state index contributed by atoms with van der Waals surface area (Å²) in [6.45, 7) is 4.17. The second-order valence-corrected chi connectivity index (χ2v) is 5.75. The maximum absolute atomic E-state index is 11.9. The number of hydrogen-bond acceptors (Lipinski definition) is 6. The number of hydrogen-bond donors (Lipinski definition) is 1. The van der Waals surface area contributed by atoms with Crippen LogP contribution in [0, 0.1) is 0 Å². The van der Waals surface area contributed by atoms with Crippen molar-refractivity contribution in [3.63, 3.8) is 0 Å². The number of ether oxygens (including phenoxy) is 1. The minimum Gasteiger partial charge on any atom is -0.483 e. The third-order valence-corrected chi connectivity index (χ3v) is 3.47. The van der Waals surface area contributed by atoms with E-state index in [1.54, 1.807) is 24.5 Å². The minimum absolute atomic E-state index is 0.122. The third-order valence-electron chi connectivity index (χ3n) is 3.47. The Morgan fingerprint density at radius 3 is 2.80 bits per heavy atom. The molecule has 0 atom stereocenters. The van der Waals surface area contributed by atoms with E-state index in [4.69, 9.17) is 13.7 Å². The maximum Gasteiger partial charge on any atom is 0.261 e. The quantitative estimate of drug-likeness (QED) is 0.710. The van der Waals surface area contributed by atoms with Crippen LogP contribution in [0.4, 0.5) is 0 Å². The second-order valence-electron chi connectivity index (χ2n) is 5.75. The van der Waals surface area contributed by atoms with Gasteiger partial charge in [-0.2, -0.15) is 4.98 Å². The predicted molar refractivity (Wildman–Crippen MR) is 89.9 cm³/mol. The first-order valence-corrected chi connectivity index (χ1v) is 7.98. The van der Waals surface area contributed by atoms with E-state index in [9.17, 15) is 4.79 Å². The number of nitrogens with one attached hydrogen (secondary N) is 1. The Morgan fingerprint density at radius 2 is 2.08 bits per heavy atom. The van der Waals surface area contributed by atoms with Crippen molar-refractivity contribution in [1.82, 2.24) is 15.5 Å². The molecule has 0 aliphatic heterocycles. The largest absolute Gasteiger partial charge is 0.483 e. The summed E-state index contributed by atoms with van der Waals surface area (Å²) < 4.78 is 16.1. The first-order valence-electron chi connectivity index (χ1n) is 7.98. The van der Waals surface area contributed by atoms with Crippen molar-refractivity contribution in [2.75, 3.05) is 6.61 Å². The Hall–Kier alpha value is -3.09. The number of amides is 1. The zero-order chi connectivity index (χ0) is 17.6. The van der Waals surface area contributed by atoms with Crippen molar-refractivity contribution in [3.8, 4) is 17.2 Å². The highest BCUT2D eigenvalue weighted by atomic mass is 16.5. The van der Waals surface area contributed by atoms with Crippen LogP contribution < -0.4 is 10.1 Å². The van der Waals surface area contributed by atoms with Gasteiger partial charge < -0.3 is 19.0 Å². The number of aromatic nitrogens is 2. The average molecular weight is 341 g/mol. The molecule has 0 bridgehead atoms. The molecule has 0 radical (unpaired) electrons. The molecule has 130 valence electrons. The molecule has 2 aromatic heterocycles. The van der Waals surface area contributed by atoms with E-state index < -0.39 is 0 Å². The summed E-state index contributed by atoms with van der Waals surface area (Å²) in [6, 6.07) is 10.8. The van der Waals surface area contributed by atoms with Gasteiger partial charge in [0, 0.05) is 5.92 Å². The van der Waals surface area contributed by atoms with Crippen LogP contribution in [0.2, 0.25) is 0 Å². The minimum atomic E-state index is -0.250. The van der Waals surface area contributed by atoms with Crippen LogP contribution in [-0.4, -0.2) is 22.7 Å². The van der Waals surface area contributed by atoms with Gasteiger partial charge in [0.15, 0.2) is 12.4 Å². The van der Waals surface area contributed by atoms with Gasteiger partial charge in [-0.1, -0.05) is 31.1 Å². The molecular weight excluding hydrogens is 322 g/mol. The Bertz CT molecular complexity index is 824. The molecule has 0 aliphatic rings. The summed E-state index contributed by atoms with van der Waals surface area (Å²) in [5.41, 5.74) is 0.653. The van der Waals surface area contributed by atoms with Gasteiger partial charge in [0.2, 0.25) is 0 Å². The van der Waals surface area contributed by atoms with Crippen LogP contribution in [0.25, 0.3) is 11.5 Å². The molecule has 1 N–H and O–H groups in total. The lowest BCUT2D eigenvalue weighted by Crippen LogP contribution is -2.28. The number of carbonyl (C=O) groups is 1. The van der Waals surface area contributed by atoms with Crippen molar-refractivity contribution >= 4 is 5.91 Å². The number of furan rings is 1. The molecule has 7 nitrogen and oxygen atoms in total. The molecule has 1 aromatic carbocycles. The van der Waals surface area contributed by atoms with Gasteiger partial charge in [0.05, 0.1) is 18.4 Å². The van der Waals surface area contributed by atoms with Gasteiger partial charge in [-0.05, 0) is 24.3 Å². The smallest absolute Gasteiger partial charge is 0.261 e. The lowest BCUT2D eigenvalue weighted by molar-refractivity contribution is -0.123. The van der Waals surface area contributed by atoms with Crippen molar-refractivity contribution in [2.24, 2.45) is 0 Å². The fraction of sp³-hybridized carbons (Fsp3) is 0.278. The highest BCUT2D eigenvalue weighted by Gasteiger charge is 2.16. The number of nitrogens with zero attached hydrogens (tertiary/aromatic N) is 2. The molecule has 0 saturated heterocycles. The first kappa shape index (κ1) is 16.8. The average Bonchev–Trinajstić information content (AvgIpc) is 3.30. The van der Waals surface area contributed by atoms with Crippen LogP contribution in [0.15, 0.2) is 51.6 Å². The third kappa shape index (κ3) is 4.26. The molecule has 3 rings (SSSR count). The zero-order valence-electron chi connectivity index (χ0n) is 14.1. The summed E-state index contributed by atoms with van der Waals surface area (Å²) in [4.78, 5) is 16.3. The van der Waals surface area contributed by atoms with E-state index in [2.05, 4.69) is 15.5 Å². The van der Waals surface area contributed by atoms with E-state index >= 15 is 0 Å². The number of carbonyl (C=O) groups excluding carboxylic acids is 1. The molecule has 0 saturated carbocycles. The Morgan fingerprint density at radius 1 is 1.24 bits per heavy atom. The normalized spacial score (nSPS) is 10.8. The van der Waals surface area contributed by atoms with Crippen molar-refractivity contribution in [2.45, 2.75) is 26.3 Å². The van der Waals surface area contributed by atoms with Crippen LogP contribution >= 0.6 is 0 Å². The maximum atomic E-state index is 11.9. The summed E-state index contributed by atoms with van der Waals surface area (Å²) in [6.07, 6.45) is 1.56.